The van der Waals surface area contributed by atoms with Gasteiger partial charge in [-0.15, -0.1) is 0 Å². The summed E-state index contributed by atoms with van der Waals surface area (Å²) in [6.45, 7) is 7.43. The van der Waals surface area contributed by atoms with Crippen LogP contribution < -0.4 is 5.32 Å². The highest BCUT2D eigenvalue weighted by molar-refractivity contribution is 4.94. The molecule has 0 radical (unpaired) electrons. The van der Waals surface area contributed by atoms with Crippen LogP contribution >= 0.6 is 0 Å². The normalized spacial score (nSPS) is 42.6. The van der Waals surface area contributed by atoms with Gasteiger partial charge in [-0.05, 0) is 44.4 Å². The van der Waals surface area contributed by atoms with E-state index in [1.165, 1.54) is 64.5 Å². The summed E-state index contributed by atoms with van der Waals surface area (Å²) in [6.07, 6.45) is 11.7. The molecule has 0 amide bonds. The van der Waals surface area contributed by atoms with Gasteiger partial charge in [0.2, 0.25) is 0 Å². The molecule has 2 aliphatic carbocycles. The molecule has 1 aliphatic heterocycles. The molecule has 0 spiro atoms. The third-order valence-electron chi connectivity index (χ3n) is 6.11. The quantitative estimate of drug-likeness (QED) is 0.822. The molecule has 4 unspecified atom stereocenters. The molecule has 0 aromatic rings. The third-order valence-corrected chi connectivity index (χ3v) is 6.11. The molecule has 3 rings (SSSR count). The van der Waals surface area contributed by atoms with Gasteiger partial charge < -0.3 is 5.32 Å². The highest BCUT2D eigenvalue weighted by Gasteiger charge is 2.37. The summed E-state index contributed by atoms with van der Waals surface area (Å²) in [4.78, 5) is 2.87. The fourth-order valence-electron chi connectivity index (χ4n) is 4.84. The van der Waals surface area contributed by atoms with Crippen molar-refractivity contribution in [2.24, 2.45) is 11.8 Å². The van der Waals surface area contributed by atoms with Gasteiger partial charge >= 0.3 is 0 Å². The van der Waals surface area contributed by atoms with Crippen LogP contribution in [0.3, 0.4) is 0 Å². The summed E-state index contributed by atoms with van der Waals surface area (Å²) < 4.78 is 0. The maximum atomic E-state index is 3.87. The van der Waals surface area contributed by atoms with Crippen molar-refractivity contribution in [2.45, 2.75) is 83.3 Å². The van der Waals surface area contributed by atoms with E-state index in [4.69, 9.17) is 0 Å². The Morgan fingerprint density at radius 1 is 0.895 bits per heavy atom. The number of rotatable bonds is 2. The summed E-state index contributed by atoms with van der Waals surface area (Å²) in [7, 11) is 0. The van der Waals surface area contributed by atoms with E-state index in [0.29, 0.717) is 0 Å². The first-order valence-corrected chi connectivity index (χ1v) is 8.75. The van der Waals surface area contributed by atoms with Gasteiger partial charge in [-0.2, -0.15) is 0 Å². The molecule has 2 nitrogen and oxygen atoms in total. The number of hydrogen-bond acceptors (Lipinski definition) is 2. The lowest BCUT2D eigenvalue weighted by Crippen LogP contribution is -2.61. The molecular weight excluding hydrogens is 232 g/mol. The Labute approximate surface area is 119 Å². The molecule has 4 atom stereocenters. The molecule has 19 heavy (non-hydrogen) atoms. The smallest absolute Gasteiger partial charge is 0.0224 e. The molecule has 0 aromatic carbocycles. The van der Waals surface area contributed by atoms with Gasteiger partial charge in [-0.1, -0.05) is 32.6 Å². The molecule has 2 saturated carbocycles. The largest absolute Gasteiger partial charge is 0.311 e. The van der Waals surface area contributed by atoms with Crippen molar-refractivity contribution in [2.75, 3.05) is 13.1 Å². The second-order valence-electron chi connectivity index (χ2n) is 7.43. The Morgan fingerprint density at radius 2 is 1.68 bits per heavy atom. The van der Waals surface area contributed by atoms with Gasteiger partial charge in [0, 0.05) is 31.2 Å². The zero-order valence-corrected chi connectivity index (χ0v) is 12.9. The Bertz CT molecular complexity index is 285. The van der Waals surface area contributed by atoms with Crippen molar-refractivity contribution < 1.29 is 0 Å². The Morgan fingerprint density at radius 3 is 2.37 bits per heavy atom. The number of nitrogens with zero attached hydrogens (tertiary/aromatic N) is 1. The number of piperazine rings is 1. The minimum atomic E-state index is 0.741. The maximum absolute atomic E-state index is 3.87. The van der Waals surface area contributed by atoms with Gasteiger partial charge in [-0.25, -0.2) is 0 Å². The minimum Gasteiger partial charge on any atom is -0.311 e. The van der Waals surface area contributed by atoms with Crippen LogP contribution in [-0.4, -0.2) is 36.1 Å². The van der Waals surface area contributed by atoms with E-state index in [2.05, 4.69) is 24.1 Å². The van der Waals surface area contributed by atoms with Crippen LogP contribution in [0.1, 0.15) is 65.2 Å². The summed E-state index contributed by atoms with van der Waals surface area (Å²) in [6, 6.07) is 2.40. The standard InChI is InChI=1S/C17H32N2/c1-13-7-6-10-17(13)19-12-16(18-11-14(19)2)15-8-4-3-5-9-15/h13-18H,3-12H2,1-2H3. The van der Waals surface area contributed by atoms with Crippen molar-refractivity contribution in [3.8, 4) is 0 Å². The third kappa shape index (κ3) is 3.00. The second kappa shape index (κ2) is 6.13. The maximum Gasteiger partial charge on any atom is 0.0224 e. The predicted molar refractivity (Wildman–Crippen MR) is 81.3 cm³/mol. The SMILES string of the molecule is CC1CCCC1N1CC(C2CCCCC2)NCC1C. The van der Waals surface area contributed by atoms with Gasteiger partial charge in [0.15, 0.2) is 0 Å². The highest BCUT2D eigenvalue weighted by atomic mass is 15.3. The van der Waals surface area contributed by atoms with Crippen molar-refractivity contribution >= 4 is 0 Å². The van der Waals surface area contributed by atoms with Crippen LogP contribution in [0.25, 0.3) is 0 Å². The van der Waals surface area contributed by atoms with Crippen LogP contribution in [0, 0.1) is 11.8 Å². The summed E-state index contributed by atoms with van der Waals surface area (Å²) in [5.41, 5.74) is 0. The fraction of sp³-hybridized carbons (Fsp3) is 1.00. The highest BCUT2D eigenvalue weighted by Crippen LogP contribution is 2.34. The Kier molecular flexibility index (Phi) is 4.48. The van der Waals surface area contributed by atoms with E-state index in [9.17, 15) is 0 Å². The van der Waals surface area contributed by atoms with Crippen LogP contribution in [0.2, 0.25) is 0 Å². The van der Waals surface area contributed by atoms with E-state index in [0.717, 1.165) is 30.0 Å². The lowest BCUT2D eigenvalue weighted by molar-refractivity contribution is 0.0529. The van der Waals surface area contributed by atoms with E-state index in [-0.39, 0.29) is 0 Å². The van der Waals surface area contributed by atoms with Gasteiger partial charge in [0.05, 0.1) is 0 Å². The average molecular weight is 264 g/mol. The molecule has 1 saturated heterocycles. The van der Waals surface area contributed by atoms with Gasteiger partial charge in [0.25, 0.3) is 0 Å². The Balaban J connectivity index is 1.63. The van der Waals surface area contributed by atoms with Gasteiger partial charge in [-0.3, -0.25) is 4.90 Å². The number of nitrogens with one attached hydrogen (secondary N) is 1. The average Bonchev–Trinajstić information content (AvgIpc) is 2.86. The molecular formula is C17H32N2. The lowest BCUT2D eigenvalue weighted by Gasteiger charge is -2.46. The van der Waals surface area contributed by atoms with Gasteiger partial charge in [0.1, 0.15) is 0 Å². The van der Waals surface area contributed by atoms with E-state index < -0.39 is 0 Å². The van der Waals surface area contributed by atoms with Crippen LogP contribution in [0.15, 0.2) is 0 Å². The first-order chi connectivity index (χ1) is 9.25. The Hall–Kier alpha value is -0.0800. The van der Waals surface area contributed by atoms with E-state index >= 15 is 0 Å². The van der Waals surface area contributed by atoms with Crippen LogP contribution in [-0.2, 0) is 0 Å². The monoisotopic (exact) mass is 264 g/mol. The lowest BCUT2D eigenvalue weighted by atomic mass is 9.82. The summed E-state index contributed by atoms with van der Waals surface area (Å²) in [5, 5.41) is 3.87. The van der Waals surface area contributed by atoms with E-state index in [1.54, 1.807) is 0 Å². The number of hydrogen-bond donors (Lipinski definition) is 1. The second-order valence-corrected chi connectivity index (χ2v) is 7.43. The molecule has 1 heterocycles. The first kappa shape index (κ1) is 13.9. The van der Waals surface area contributed by atoms with Crippen molar-refractivity contribution in [3.63, 3.8) is 0 Å². The van der Waals surface area contributed by atoms with Crippen molar-refractivity contribution in [3.05, 3.63) is 0 Å². The minimum absolute atomic E-state index is 0.741. The molecule has 110 valence electrons. The molecule has 3 aliphatic rings. The van der Waals surface area contributed by atoms with Crippen molar-refractivity contribution in [1.29, 1.82) is 0 Å². The molecule has 2 heteroatoms. The molecule has 1 N–H and O–H groups in total. The topological polar surface area (TPSA) is 15.3 Å². The van der Waals surface area contributed by atoms with Crippen LogP contribution in [0.4, 0.5) is 0 Å². The van der Waals surface area contributed by atoms with Crippen LogP contribution in [0.5, 0.6) is 0 Å². The molecule has 0 aromatic heterocycles. The summed E-state index contributed by atoms with van der Waals surface area (Å²) in [5.74, 6) is 1.88. The fourth-order valence-corrected chi connectivity index (χ4v) is 4.84. The molecule has 0 bridgehead atoms. The van der Waals surface area contributed by atoms with Crippen molar-refractivity contribution in [1.82, 2.24) is 10.2 Å². The zero-order valence-electron chi connectivity index (χ0n) is 12.9. The van der Waals surface area contributed by atoms with E-state index in [1.807, 2.05) is 0 Å². The summed E-state index contributed by atoms with van der Waals surface area (Å²) >= 11 is 0. The zero-order chi connectivity index (χ0) is 13.2. The molecule has 3 fully saturated rings. The first-order valence-electron chi connectivity index (χ1n) is 8.75. The predicted octanol–water partition coefficient (Wildman–Crippen LogP) is 3.42.